The SMILES string of the molecule is Cc1cc(C)c(-c2cccc(C3(C)CC(=O)N(C)C(N)=N3)c2)c(C)c1. The standard InChI is InChI=1S/C21H25N3O/c1-13-9-14(2)19(15(3)10-13)16-7-6-8-17(11-16)21(4)12-18(25)24(5)20(22)23-21/h6-11H,12H2,1-5H3,(H2,22,23). The van der Waals surface area contributed by atoms with Crippen LogP contribution in [0.15, 0.2) is 41.4 Å². The number of rotatable bonds is 2. The Bertz CT molecular complexity index is 861. The summed E-state index contributed by atoms with van der Waals surface area (Å²) < 4.78 is 0. The molecule has 1 aliphatic rings. The van der Waals surface area contributed by atoms with Crippen LogP contribution in [0.5, 0.6) is 0 Å². The van der Waals surface area contributed by atoms with E-state index in [1.807, 2.05) is 19.1 Å². The zero-order valence-corrected chi connectivity index (χ0v) is 15.6. The van der Waals surface area contributed by atoms with Crippen LogP contribution in [0.3, 0.4) is 0 Å². The second-order valence-corrected chi connectivity index (χ2v) is 7.23. The maximum absolute atomic E-state index is 12.3. The third-order valence-corrected chi connectivity index (χ3v) is 5.02. The third-order valence-electron chi connectivity index (χ3n) is 5.02. The number of amides is 1. The molecule has 1 amide bonds. The molecule has 0 saturated carbocycles. The summed E-state index contributed by atoms with van der Waals surface area (Å²) in [6.07, 6.45) is 0.319. The highest BCUT2D eigenvalue weighted by atomic mass is 16.2. The van der Waals surface area contributed by atoms with Crippen LogP contribution in [0.4, 0.5) is 0 Å². The van der Waals surface area contributed by atoms with Crippen LogP contribution in [0.2, 0.25) is 0 Å². The van der Waals surface area contributed by atoms with Gasteiger partial charge >= 0.3 is 0 Å². The lowest BCUT2D eigenvalue weighted by atomic mass is 9.85. The van der Waals surface area contributed by atoms with Gasteiger partial charge in [0.2, 0.25) is 5.91 Å². The summed E-state index contributed by atoms with van der Waals surface area (Å²) >= 11 is 0. The first-order valence-electron chi connectivity index (χ1n) is 8.52. The molecule has 0 saturated heterocycles. The number of hydrogen-bond acceptors (Lipinski definition) is 3. The summed E-state index contributed by atoms with van der Waals surface area (Å²) in [5.41, 5.74) is 12.5. The molecular formula is C21H25N3O. The van der Waals surface area contributed by atoms with Gasteiger partial charge in [0.15, 0.2) is 5.96 Å². The minimum Gasteiger partial charge on any atom is -0.369 e. The molecule has 25 heavy (non-hydrogen) atoms. The van der Waals surface area contributed by atoms with Crippen molar-refractivity contribution in [2.45, 2.75) is 39.7 Å². The summed E-state index contributed by atoms with van der Waals surface area (Å²) in [5.74, 6) is 0.259. The molecule has 3 rings (SSSR count). The summed E-state index contributed by atoms with van der Waals surface area (Å²) in [6.45, 7) is 8.36. The summed E-state index contributed by atoms with van der Waals surface area (Å²) in [5, 5.41) is 0. The van der Waals surface area contributed by atoms with Gasteiger partial charge in [0.05, 0.1) is 12.0 Å². The van der Waals surface area contributed by atoms with Crippen molar-refractivity contribution < 1.29 is 4.79 Å². The Balaban J connectivity index is 2.11. The van der Waals surface area contributed by atoms with E-state index in [0.29, 0.717) is 6.42 Å². The number of guanidine groups is 1. The summed E-state index contributed by atoms with van der Waals surface area (Å²) in [6, 6.07) is 12.7. The highest BCUT2D eigenvalue weighted by Crippen LogP contribution is 2.36. The second-order valence-electron chi connectivity index (χ2n) is 7.23. The van der Waals surface area contributed by atoms with E-state index < -0.39 is 5.54 Å². The molecule has 0 bridgehead atoms. The molecule has 0 spiro atoms. The lowest BCUT2D eigenvalue weighted by Crippen LogP contribution is -2.47. The van der Waals surface area contributed by atoms with Crippen LogP contribution in [0, 0.1) is 20.8 Å². The maximum atomic E-state index is 12.3. The molecule has 2 N–H and O–H groups in total. The highest BCUT2D eigenvalue weighted by Gasteiger charge is 2.36. The van der Waals surface area contributed by atoms with Gasteiger partial charge in [-0.3, -0.25) is 9.69 Å². The van der Waals surface area contributed by atoms with Crippen LogP contribution < -0.4 is 5.73 Å². The number of nitrogens with zero attached hydrogens (tertiary/aromatic N) is 2. The topological polar surface area (TPSA) is 58.7 Å². The van der Waals surface area contributed by atoms with E-state index >= 15 is 0 Å². The van der Waals surface area contributed by atoms with Gasteiger partial charge in [0.1, 0.15) is 0 Å². The van der Waals surface area contributed by atoms with Crippen LogP contribution in [-0.2, 0) is 10.3 Å². The Morgan fingerprint density at radius 3 is 2.36 bits per heavy atom. The first-order valence-corrected chi connectivity index (χ1v) is 8.52. The number of hydrogen-bond donors (Lipinski definition) is 1. The molecular weight excluding hydrogens is 310 g/mol. The van der Waals surface area contributed by atoms with Crippen molar-refractivity contribution in [3.63, 3.8) is 0 Å². The first kappa shape index (κ1) is 17.2. The Morgan fingerprint density at radius 1 is 1.12 bits per heavy atom. The molecule has 2 aromatic carbocycles. The molecule has 0 aromatic heterocycles. The quantitative estimate of drug-likeness (QED) is 0.910. The van der Waals surface area contributed by atoms with Crippen molar-refractivity contribution in [3.8, 4) is 11.1 Å². The van der Waals surface area contributed by atoms with Crippen molar-refractivity contribution >= 4 is 11.9 Å². The van der Waals surface area contributed by atoms with E-state index in [1.54, 1.807) is 7.05 Å². The lowest BCUT2D eigenvalue weighted by Gasteiger charge is -2.33. The highest BCUT2D eigenvalue weighted by molar-refractivity contribution is 5.98. The number of aliphatic imine (C=N–C) groups is 1. The Morgan fingerprint density at radius 2 is 1.76 bits per heavy atom. The summed E-state index contributed by atoms with van der Waals surface area (Å²) in [7, 11) is 1.66. The molecule has 1 atom stereocenters. The molecule has 130 valence electrons. The van der Waals surface area contributed by atoms with E-state index in [0.717, 1.165) is 11.1 Å². The van der Waals surface area contributed by atoms with Gasteiger partial charge < -0.3 is 5.73 Å². The molecule has 0 aliphatic carbocycles. The smallest absolute Gasteiger partial charge is 0.231 e. The average molecular weight is 335 g/mol. The zero-order valence-electron chi connectivity index (χ0n) is 15.6. The maximum Gasteiger partial charge on any atom is 0.231 e. The predicted octanol–water partition coefficient (Wildman–Crippen LogP) is 3.67. The number of aryl methyl sites for hydroxylation is 3. The number of nitrogens with two attached hydrogens (primary N) is 1. The van der Waals surface area contributed by atoms with E-state index in [1.165, 1.54) is 27.2 Å². The lowest BCUT2D eigenvalue weighted by molar-refractivity contribution is -0.128. The number of carbonyl (C=O) groups excluding carboxylic acids is 1. The first-order chi connectivity index (χ1) is 11.7. The fourth-order valence-electron chi connectivity index (χ4n) is 3.72. The van der Waals surface area contributed by atoms with Gasteiger partial charge in [-0.05, 0) is 61.6 Å². The van der Waals surface area contributed by atoms with Gasteiger partial charge in [-0.15, -0.1) is 0 Å². The van der Waals surface area contributed by atoms with E-state index in [4.69, 9.17) is 5.73 Å². The fourth-order valence-corrected chi connectivity index (χ4v) is 3.72. The number of benzene rings is 2. The molecule has 4 heteroatoms. The second kappa shape index (κ2) is 6.03. The van der Waals surface area contributed by atoms with Gasteiger partial charge in [-0.25, -0.2) is 4.99 Å². The number of carbonyl (C=O) groups is 1. The molecule has 0 fully saturated rings. The van der Waals surface area contributed by atoms with E-state index in [9.17, 15) is 4.79 Å². The van der Waals surface area contributed by atoms with Gasteiger partial charge in [-0.1, -0.05) is 35.9 Å². The van der Waals surface area contributed by atoms with Crippen LogP contribution in [0.1, 0.15) is 35.6 Å². The van der Waals surface area contributed by atoms with Crippen molar-refractivity contribution in [1.29, 1.82) is 0 Å². The van der Waals surface area contributed by atoms with E-state index in [2.05, 4.69) is 50.0 Å². The fraction of sp³-hybridized carbons (Fsp3) is 0.333. The van der Waals surface area contributed by atoms with Gasteiger partial charge in [0, 0.05) is 7.05 Å². The van der Waals surface area contributed by atoms with Crippen LogP contribution >= 0.6 is 0 Å². The van der Waals surface area contributed by atoms with Crippen molar-refractivity contribution in [3.05, 3.63) is 58.7 Å². The van der Waals surface area contributed by atoms with Gasteiger partial charge in [0.25, 0.3) is 0 Å². The largest absolute Gasteiger partial charge is 0.369 e. The molecule has 4 nitrogen and oxygen atoms in total. The monoisotopic (exact) mass is 335 g/mol. The van der Waals surface area contributed by atoms with Crippen LogP contribution in [0.25, 0.3) is 11.1 Å². The van der Waals surface area contributed by atoms with Crippen molar-refractivity contribution in [2.24, 2.45) is 10.7 Å². The normalized spacial score (nSPS) is 20.6. The molecule has 1 heterocycles. The minimum absolute atomic E-state index is 0.0110. The van der Waals surface area contributed by atoms with Crippen LogP contribution in [-0.4, -0.2) is 23.8 Å². The zero-order chi connectivity index (χ0) is 18.4. The van der Waals surface area contributed by atoms with Crippen molar-refractivity contribution in [1.82, 2.24) is 4.90 Å². The Hall–Kier alpha value is -2.62. The minimum atomic E-state index is -0.629. The van der Waals surface area contributed by atoms with E-state index in [-0.39, 0.29) is 11.9 Å². The van der Waals surface area contributed by atoms with Crippen molar-refractivity contribution in [2.75, 3.05) is 7.05 Å². The molecule has 0 radical (unpaired) electrons. The summed E-state index contributed by atoms with van der Waals surface area (Å²) in [4.78, 5) is 18.3. The average Bonchev–Trinajstić information content (AvgIpc) is 2.52. The molecule has 1 aliphatic heterocycles. The predicted molar refractivity (Wildman–Crippen MR) is 102 cm³/mol. The molecule has 1 unspecified atom stereocenters. The Kier molecular flexibility index (Phi) is 4.15. The molecule has 2 aromatic rings. The third kappa shape index (κ3) is 3.04. The van der Waals surface area contributed by atoms with Gasteiger partial charge in [-0.2, -0.15) is 0 Å². The Labute approximate surface area is 149 Å².